The molecule has 0 aliphatic carbocycles. The van der Waals surface area contributed by atoms with Crippen molar-refractivity contribution in [1.29, 1.82) is 0 Å². The van der Waals surface area contributed by atoms with E-state index < -0.39 is 17.7 Å². The van der Waals surface area contributed by atoms with E-state index in [1.54, 1.807) is 14.0 Å². The minimum atomic E-state index is -0.494. The molecule has 0 radical (unpaired) electrons. The number of halogens is 3. The Morgan fingerprint density at radius 3 is 2.81 bits per heavy atom. The smallest absolute Gasteiger partial charge is 0.224 e. The Labute approximate surface area is 130 Å². The molecule has 1 heterocycles. The summed E-state index contributed by atoms with van der Waals surface area (Å²) in [7, 11) is 1.63. The van der Waals surface area contributed by atoms with E-state index in [-0.39, 0.29) is 29.9 Å². The summed E-state index contributed by atoms with van der Waals surface area (Å²) in [6.07, 6.45) is 2.47. The van der Waals surface area contributed by atoms with Crippen molar-refractivity contribution < 1.29 is 13.6 Å². The van der Waals surface area contributed by atoms with Crippen LogP contribution in [0.1, 0.15) is 37.8 Å². The lowest BCUT2D eigenvalue weighted by Crippen LogP contribution is -2.35. The van der Waals surface area contributed by atoms with Gasteiger partial charge in [0.2, 0.25) is 5.91 Å². The van der Waals surface area contributed by atoms with E-state index in [2.05, 4.69) is 5.32 Å². The highest BCUT2D eigenvalue weighted by Gasteiger charge is 2.24. The number of nitrogens with one attached hydrogen (secondary N) is 1. The van der Waals surface area contributed by atoms with Gasteiger partial charge >= 0.3 is 0 Å². The van der Waals surface area contributed by atoms with Crippen molar-refractivity contribution in [3.63, 3.8) is 0 Å². The molecule has 0 saturated carbocycles. The molecule has 1 aliphatic heterocycles. The molecule has 0 aromatic heterocycles. The summed E-state index contributed by atoms with van der Waals surface area (Å²) in [4.78, 5) is 13.7. The minimum Gasteiger partial charge on any atom is -0.339 e. The summed E-state index contributed by atoms with van der Waals surface area (Å²) in [6.45, 7) is 2.65. The molecule has 2 unspecified atom stereocenters. The fourth-order valence-corrected chi connectivity index (χ4v) is 2.55. The van der Waals surface area contributed by atoms with Gasteiger partial charge in [0, 0.05) is 25.1 Å². The monoisotopic (exact) mass is 318 g/mol. The molecule has 118 valence electrons. The molecule has 3 nitrogen and oxygen atoms in total. The van der Waals surface area contributed by atoms with Crippen molar-refractivity contribution in [2.24, 2.45) is 0 Å². The normalized spacial score (nSPS) is 19.0. The van der Waals surface area contributed by atoms with E-state index in [0.29, 0.717) is 6.42 Å². The molecule has 1 aromatic rings. The predicted octanol–water partition coefficient (Wildman–Crippen LogP) is 3.05. The molecule has 1 aromatic carbocycles. The van der Waals surface area contributed by atoms with E-state index in [0.717, 1.165) is 37.6 Å². The largest absolute Gasteiger partial charge is 0.339 e. The molecule has 6 heteroatoms. The van der Waals surface area contributed by atoms with Crippen molar-refractivity contribution in [3.8, 4) is 0 Å². The first-order valence-corrected chi connectivity index (χ1v) is 6.93. The van der Waals surface area contributed by atoms with Crippen LogP contribution in [0.4, 0.5) is 8.78 Å². The van der Waals surface area contributed by atoms with Gasteiger partial charge in [-0.2, -0.15) is 0 Å². The molecule has 1 saturated heterocycles. The number of rotatable bonds is 4. The zero-order valence-electron chi connectivity index (χ0n) is 12.2. The summed E-state index contributed by atoms with van der Waals surface area (Å²) in [5.41, 5.74) is 0.209. The molecule has 0 bridgehead atoms. The van der Waals surface area contributed by atoms with E-state index >= 15 is 0 Å². The third kappa shape index (κ3) is 4.38. The van der Waals surface area contributed by atoms with Crippen LogP contribution in [0.15, 0.2) is 18.2 Å². The Morgan fingerprint density at radius 1 is 1.48 bits per heavy atom. The first kappa shape index (κ1) is 17.9. The van der Waals surface area contributed by atoms with Gasteiger partial charge in [0.05, 0.1) is 6.04 Å². The average molecular weight is 319 g/mol. The van der Waals surface area contributed by atoms with Crippen molar-refractivity contribution in [2.75, 3.05) is 13.6 Å². The number of nitrogens with zero attached hydrogens (tertiary/aromatic N) is 1. The van der Waals surface area contributed by atoms with Gasteiger partial charge in [-0.05, 0) is 44.5 Å². The van der Waals surface area contributed by atoms with Crippen LogP contribution in [-0.4, -0.2) is 30.4 Å². The zero-order valence-corrected chi connectivity index (χ0v) is 13.1. The number of benzene rings is 1. The van der Waals surface area contributed by atoms with Gasteiger partial charge in [-0.25, -0.2) is 8.78 Å². The van der Waals surface area contributed by atoms with Gasteiger partial charge in [0.25, 0.3) is 0 Å². The van der Waals surface area contributed by atoms with Crippen LogP contribution in [-0.2, 0) is 4.79 Å². The lowest BCUT2D eigenvalue weighted by molar-refractivity contribution is -0.132. The van der Waals surface area contributed by atoms with Gasteiger partial charge in [-0.3, -0.25) is 4.79 Å². The Bertz CT molecular complexity index is 493. The molecule has 2 atom stereocenters. The third-order valence-corrected chi connectivity index (χ3v) is 3.97. The lowest BCUT2D eigenvalue weighted by atomic mass is 10.0. The first-order valence-electron chi connectivity index (χ1n) is 6.93. The van der Waals surface area contributed by atoms with Gasteiger partial charge in [-0.1, -0.05) is 0 Å². The van der Waals surface area contributed by atoms with E-state index in [4.69, 9.17) is 0 Å². The lowest BCUT2D eigenvalue weighted by Gasteiger charge is -2.27. The molecule has 1 aliphatic rings. The second kappa shape index (κ2) is 7.71. The van der Waals surface area contributed by atoms with Gasteiger partial charge in [0.1, 0.15) is 11.6 Å². The molecule has 0 spiro atoms. The molecule has 1 amide bonds. The SMILES string of the molecule is CC(c1cc(F)ccc1F)N(C)C(=O)CC1CCCN1.Cl. The molecule has 1 N–H and O–H groups in total. The van der Waals surface area contributed by atoms with Crippen molar-refractivity contribution in [1.82, 2.24) is 10.2 Å². The highest BCUT2D eigenvalue weighted by molar-refractivity contribution is 5.85. The second-order valence-electron chi connectivity index (χ2n) is 5.34. The second-order valence-corrected chi connectivity index (χ2v) is 5.34. The Morgan fingerprint density at radius 2 is 2.19 bits per heavy atom. The van der Waals surface area contributed by atoms with Gasteiger partial charge in [-0.15, -0.1) is 12.4 Å². The van der Waals surface area contributed by atoms with Gasteiger partial charge in [0.15, 0.2) is 0 Å². The molecular weight excluding hydrogens is 298 g/mol. The Balaban J connectivity index is 0.00000220. The molecule has 21 heavy (non-hydrogen) atoms. The van der Waals surface area contributed by atoms with E-state index in [1.807, 2.05) is 0 Å². The fraction of sp³-hybridized carbons (Fsp3) is 0.533. The average Bonchev–Trinajstić information content (AvgIpc) is 2.92. The molecule has 1 fully saturated rings. The number of hydrogen-bond donors (Lipinski definition) is 1. The van der Waals surface area contributed by atoms with Crippen LogP contribution in [0.2, 0.25) is 0 Å². The zero-order chi connectivity index (χ0) is 14.7. The summed E-state index contributed by atoms with van der Waals surface area (Å²) in [5, 5.41) is 3.26. The Hall–Kier alpha value is -1.20. The van der Waals surface area contributed by atoms with E-state index in [1.165, 1.54) is 4.90 Å². The summed E-state index contributed by atoms with van der Waals surface area (Å²) >= 11 is 0. The highest BCUT2D eigenvalue weighted by atomic mass is 35.5. The van der Waals surface area contributed by atoms with Crippen LogP contribution in [0, 0.1) is 11.6 Å². The molecular formula is C15H21ClF2N2O. The quantitative estimate of drug-likeness (QED) is 0.925. The van der Waals surface area contributed by atoms with E-state index in [9.17, 15) is 13.6 Å². The summed E-state index contributed by atoms with van der Waals surface area (Å²) in [6, 6.07) is 3.04. The summed E-state index contributed by atoms with van der Waals surface area (Å²) in [5.74, 6) is -1.04. The van der Waals surface area contributed by atoms with Crippen LogP contribution in [0.3, 0.4) is 0 Å². The maximum atomic E-state index is 13.7. The maximum Gasteiger partial charge on any atom is 0.224 e. The molecule has 2 rings (SSSR count). The van der Waals surface area contributed by atoms with Crippen molar-refractivity contribution in [2.45, 2.75) is 38.3 Å². The fourth-order valence-electron chi connectivity index (χ4n) is 2.55. The van der Waals surface area contributed by atoms with Crippen LogP contribution < -0.4 is 5.32 Å². The van der Waals surface area contributed by atoms with Crippen molar-refractivity contribution in [3.05, 3.63) is 35.4 Å². The predicted molar refractivity (Wildman–Crippen MR) is 80.4 cm³/mol. The van der Waals surface area contributed by atoms with Crippen molar-refractivity contribution >= 4 is 18.3 Å². The van der Waals surface area contributed by atoms with Crippen LogP contribution in [0.25, 0.3) is 0 Å². The first-order chi connectivity index (χ1) is 9.49. The number of carbonyl (C=O) groups is 1. The number of hydrogen-bond acceptors (Lipinski definition) is 2. The van der Waals surface area contributed by atoms with Crippen LogP contribution in [0.5, 0.6) is 0 Å². The standard InChI is InChI=1S/C15H20F2N2O.ClH/c1-10(13-8-11(16)5-6-14(13)17)19(2)15(20)9-12-4-3-7-18-12;/h5-6,8,10,12,18H,3-4,7,9H2,1-2H3;1H. The highest BCUT2D eigenvalue weighted by Crippen LogP contribution is 2.24. The minimum absolute atomic E-state index is 0. The van der Waals surface area contributed by atoms with Crippen LogP contribution >= 0.6 is 12.4 Å². The Kier molecular flexibility index (Phi) is 6.55. The number of amides is 1. The topological polar surface area (TPSA) is 32.3 Å². The third-order valence-electron chi connectivity index (χ3n) is 3.97. The van der Waals surface area contributed by atoms with Gasteiger partial charge < -0.3 is 10.2 Å². The number of carbonyl (C=O) groups excluding carboxylic acids is 1. The maximum absolute atomic E-state index is 13.7. The summed E-state index contributed by atoms with van der Waals surface area (Å²) < 4.78 is 27.0.